The van der Waals surface area contributed by atoms with Crippen LogP contribution in [0.1, 0.15) is 20.8 Å². The number of carbonyl (C=O) groups is 1. The van der Waals surface area contributed by atoms with Crippen LogP contribution in [0.25, 0.3) is 22.2 Å². The van der Waals surface area contributed by atoms with Gasteiger partial charge in [-0.15, -0.1) is 0 Å². The topological polar surface area (TPSA) is 70.1 Å². The third kappa shape index (κ3) is 3.04. The van der Waals surface area contributed by atoms with E-state index in [-0.39, 0.29) is 0 Å². The van der Waals surface area contributed by atoms with Crippen molar-refractivity contribution in [2.45, 2.75) is 26.4 Å². The molecular weight excluding hydrogens is 290 g/mol. The van der Waals surface area contributed by atoms with Crippen LogP contribution < -0.4 is 5.73 Å². The first kappa shape index (κ1) is 15.1. The molecule has 2 aromatic carbocycles. The summed E-state index contributed by atoms with van der Waals surface area (Å²) in [5.41, 5.74) is 9.31. The van der Waals surface area contributed by atoms with E-state index in [1.165, 1.54) is 10.9 Å². The molecule has 0 aliphatic carbocycles. The monoisotopic (exact) mass is 309 g/mol. The summed E-state index contributed by atoms with van der Waals surface area (Å²) in [5, 5.41) is 0. The molecule has 5 nitrogen and oxygen atoms in total. The van der Waals surface area contributed by atoms with Crippen molar-refractivity contribution in [3.05, 3.63) is 48.8 Å². The average Bonchev–Trinajstić information content (AvgIpc) is 2.90. The molecule has 0 bridgehead atoms. The summed E-state index contributed by atoms with van der Waals surface area (Å²) < 4.78 is 6.85. The maximum absolute atomic E-state index is 12.3. The number of nitrogen functional groups attached to an aromatic ring is 1. The fourth-order valence-electron chi connectivity index (χ4n) is 2.39. The van der Waals surface area contributed by atoms with Crippen LogP contribution in [0.5, 0.6) is 0 Å². The SMILES string of the molecule is CC(C)(C)OC(=O)n1cnc2c(-c3ccc(N)cc3)cccc21. The van der Waals surface area contributed by atoms with E-state index in [0.29, 0.717) is 11.2 Å². The van der Waals surface area contributed by atoms with Crippen LogP contribution in [0.4, 0.5) is 10.5 Å². The predicted octanol–water partition coefficient (Wildman–Crippen LogP) is 4.07. The van der Waals surface area contributed by atoms with Gasteiger partial charge in [-0.3, -0.25) is 0 Å². The van der Waals surface area contributed by atoms with Gasteiger partial charge in [0, 0.05) is 11.3 Å². The molecule has 3 aromatic rings. The quantitative estimate of drug-likeness (QED) is 0.688. The fraction of sp³-hybridized carbons (Fsp3) is 0.222. The van der Waals surface area contributed by atoms with E-state index in [9.17, 15) is 4.79 Å². The lowest BCUT2D eigenvalue weighted by molar-refractivity contribution is 0.0543. The zero-order valence-electron chi connectivity index (χ0n) is 13.4. The lowest BCUT2D eigenvalue weighted by Gasteiger charge is -2.19. The molecule has 0 fully saturated rings. The summed E-state index contributed by atoms with van der Waals surface area (Å²) in [7, 11) is 0. The number of benzene rings is 2. The minimum Gasteiger partial charge on any atom is -0.443 e. The van der Waals surface area contributed by atoms with Crippen LogP contribution in [0.3, 0.4) is 0 Å². The van der Waals surface area contributed by atoms with Gasteiger partial charge in [0.15, 0.2) is 0 Å². The number of ether oxygens (including phenoxy) is 1. The van der Waals surface area contributed by atoms with Crippen LogP contribution in [-0.4, -0.2) is 21.2 Å². The average molecular weight is 309 g/mol. The van der Waals surface area contributed by atoms with Gasteiger partial charge in [-0.2, -0.15) is 0 Å². The number of anilines is 1. The van der Waals surface area contributed by atoms with E-state index in [0.717, 1.165) is 16.6 Å². The number of nitrogens with two attached hydrogens (primary N) is 1. The van der Waals surface area contributed by atoms with Gasteiger partial charge >= 0.3 is 6.09 Å². The van der Waals surface area contributed by atoms with Crippen LogP contribution in [0.15, 0.2) is 48.8 Å². The van der Waals surface area contributed by atoms with Crippen molar-refractivity contribution in [3.63, 3.8) is 0 Å². The van der Waals surface area contributed by atoms with Crippen molar-refractivity contribution in [2.75, 3.05) is 5.73 Å². The Hall–Kier alpha value is -2.82. The number of rotatable bonds is 1. The standard InChI is InChI=1S/C18H19N3O2/c1-18(2,3)23-17(22)21-11-20-16-14(5-4-6-15(16)21)12-7-9-13(19)10-8-12/h4-11H,19H2,1-3H3. The Bertz CT molecular complexity index is 858. The molecule has 118 valence electrons. The third-order valence-corrected chi connectivity index (χ3v) is 3.39. The van der Waals surface area contributed by atoms with E-state index in [1.807, 2.05) is 63.2 Å². The van der Waals surface area contributed by atoms with Crippen molar-refractivity contribution in [1.29, 1.82) is 0 Å². The van der Waals surface area contributed by atoms with E-state index >= 15 is 0 Å². The molecule has 0 radical (unpaired) electrons. The van der Waals surface area contributed by atoms with Crippen LogP contribution >= 0.6 is 0 Å². The van der Waals surface area contributed by atoms with E-state index in [4.69, 9.17) is 10.5 Å². The number of imidazole rings is 1. The summed E-state index contributed by atoms with van der Waals surface area (Å²) in [4.78, 5) is 16.7. The third-order valence-electron chi connectivity index (χ3n) is 3.39. The highest BCUT2D eigenvalue weighted by atomic mass is 16.6. The second-order valence-corrected chi connectivity index (χ2v) is 6.39. The summed E-state index contributed by atoms with van der Waals surface area (Å²) in [6.07, 6.45) is 1.06. The molecule has 23 heavy (non-hydrogen) atoms. The minimum absolute atomic E-state index is 0.436. The summed E-state index contributed by atoms with van der Waals surface area (Å²) in [6, 6.07) is 13.3. The number of nitrogens with zero attached hydrogens (tertiary/aromatic N) is 2. The number of hydrogen-bond donors (Lipinski definition) is 1. The highest BCUT2D eigenvalue weighted by Crippen LogP contribution is 2.28. The van der Waals surface area contributed by atoms with E-state index in [2.05, 4.69) is 4.98 Å². The molecule has 0 spiro atoms. The normalized spacial score (nSPS) is 11.6. The molecule has 3 rings (SSSR count). The highest BCUT2D eigenvalue weighted by Gasteiger charge is 2.20. The number of aromatic nitrogens is 2. The lowest BCUT2D eigenvalue weighted by Crippen LogP contribution is -2.26. The molecule has 5 heteroatoms. The molecule has 0 atom stereocenters. The second-order valence-electron chi connectivity index (χ2n) is 6.39. The van der Waals surface area contributed by atoms with Gasteiger partial charge in [0.25, 0.3) is 0 Å². The molecule has 0 saturated carbocycles. The Balaban J connectivity index is 2.07. The molecule has 0 saturated heterocycles. The second kappa shape index (κ2) is 5.43. The van der Waals surface area contributed by atoms with Gasteiger partial charge in [0.05, 0.1) is 11.0 Å². The van der Waals surface area contributed by atoms with Gasteiger partial charge in [0.2, 0.25) is 0 Å². The van der Waals surface area contributed by atoms with Crippen LogP contribution in [0.2, 0.25) is 0 Å². The first-order valence-electron chi connectivity index (χ1n) is 7.40. The molecule has 0 unspecified atom stereocenters. The van der Waals surface area contributed by atoms with Gasteiger partial charge in [-0.05, 0) is 44.5 Å². The first-order valence-corrected chi connectivity index (χ1v) is 7.40. The number of carbonyl (C=O) groups excluding carboxylic acids is 1. The van der Waals surface area contributed by atoms with Crippen molar-refractivity contribution < 1.29 is 9.53 Å². The maximum atomic E-state index is 12.3. The molecule has 1 aromatic heterocycles. The van der Waals surface area contributed by atoms with Gasteiger partial charge in [-0.25, -0.2) is 14.3 Å². The summed E-state index contributed by atoms with van der Waals surface area (Å²) in [5.74, 6) is 0. The summed E-state index contributed by atoms with van der Waals surface area (Å²) >= 11 is 0. The van der Waals surface area contributed by atoms with Crippen LogP contribution in [0, 0.1) is 0 Å². The fourth-order valence-corrected chi connectivity index (χ4v) is 2.39. The number of para-hydroxylation sites is 1. The minimum atomic E-state index is -0.553. The lowest BCUT2D eigenvalue weighted by atomic mass is 10.0. The van der Waals surface area contributed by atoms with Crippen LogP contribution in [-0.2, 0) is 4.74 Å². The zero-order chi connectivity index (χ0) is 16.6. The Morgan fingerprint density at radius 2 is 1.83 bits per heavy atom. The Kier molecular flexibility index (Phi) is 3.56. The van der Waals surface area contributed by atoms with Crippen molar-refractivity contribution in [3.8, 4) is 11.1 Å². The van der Waals surface area contributed by atoms with Gasteiger partial charge < -0.3 is 10.5 Å². The van der Waals surface area contributed by atoms with Gasteiger partial charge in [-0.1, -0.05) is 24.3 Å². The zero-order valence-corrected chi connectivity index (χ0v) is 13.4. The molecule has 1 heterocycles. The number of hydrogen-bond acceptors (Lipinski definition) is 4. The smallest absolute Gasteiger partial charge is 0.420 e. The maximum Gasteiger partial charge on any atom is 0.420 e. The predicted molar refractivity (Wildman–Crippen MR) is 91.2 cm³/mol. The van der Waals surface area contributed by atoms with Crippen molar-refractivity contribution >= 4 is 22.8 Å². The Morgan fingerprint density at radius 3 is 2.48 bits per heavy atom. The molecule has 2 N–H and O–H groups in total. The largest absolute Gasteiger partial charge is 0.443 e. The Morgan fingerprint density at radius 1 is 1.13 bits per heavy atom. The molecular formula is C18H19N3O2. The molecule has 0 aliphatic heterocycles. The highest BCUT2D eigenvalue weighted by molar-refractivity contribution is 5.96. The van der Waals surface area contributed by atoms with E-state index in [1.54, 1.807) is 0 Å². The first-order chi connectivity index (χ1) is 10.8. The summed E-state index contributed by atoms with van der Waals surface area (Å²) in [6.45, 7) is 5.51. The Labute approximate surface area is 134 Å². The van der Waals surface area contributed by atoms with Crippen molar-refractivity contribution in [1.82, 2.24) is 9.55 Å². The number of fused-ring (bicyclic) bond motifs is 1. The van der Waals surface area contributed by atoms with Gasteiger partial charge in [0.1, 0.15) is 11.9 Å². The molecule has 0 amide bonds. The van der Waals surface area contributed by atoms with Crippen molar-refractivity contribution in [2.24, 2.45) is 0 Å². The van der Waals surface area contributed by atoms with E-state index < -0.39 is 11.7 Å². The molecule has 0 aliphatic rings.